The molecule has 0 aliphatic carbocycles. The molecule has 9 heteroatoms. The van der Waals surface area contributed by atoms with Gasteiger partial charge in [-0.1, -0.05) is 148 Å². The fourth-order valence-electron chi connectivity index (χ4n) is 7.38. The molecule has 0 unspecified atom stereocenters. The maximum Gasteiger partial charge on any atom is 0.343 e. The second-order valence-corrected chi connectivity index (χ2v) is 16.9. The number of ether oxygens (including phenoxy) is 4. The second-order valence-electron chi connectivity index (χ2n) is 16.9. The number of unbranched alkanes of at least 4 members (excludes halogenated alkanes) is 18. The Morgan fingerprint density at radius 1 is 0.424 bits per heavy atom. The highest BCUT2D eigenvalue weighted by atomic mass is 16.6. The molecule has 0 saturated carbocycles. The number of carbonyl (C=O) groups is 2. The second kappa shape index (κ2) is 30.9. The molecule has 0 amide bonds. The van der Waals surface area contributed by atoms with Crippen LogP contribution in [0.5, 0.6) is 23.0 Å². The smallest absolute Gasteiger partial charge is 0.343 e. The number of rotatable bonds is 32. The molecule has 0 radical (unpaired) electrons. The minimum atomic E-state index is -0.605. The maximum absolute atomic E-state index is 13.5. The van der Waals surface area contributed by atoms with Crippen molar-refractivity contribution in [2.75, 3.05) is 13.2 Å². The van der Waals surface area contributed by atoms with E-state index in [1.54, 1.807) is 72.9 Å². The van der Waals surface area contributed by atoms with Crippen molar-refractivity contribution in [2.24, 2.45) is 15.2 Å². The lowest BCUT2D eigenvalue weighted by atomic mass is 10.1. The fourth-order valence-corrected chi connectivity index (χ4v) is 7.38. The number of hydrogen-bond acceptors (Lipinski definition) is 9. The van der Waals surface area contributed by atoms with Crippen LogP contribution in [0.2, 0.25) is 0 Å². The largest absolute Gasteiger partial charge is 0.494 e. The highest BCUT2D eigenvalue weighted by Gasteiger charge is 2.18. The van der Waals surface area contributed by atoms with Gasteiger partial charge in [0.1, 0.15) is 11.5 Å². The highest BCUT2D eigenvalue weighted by Crippen LogP contribution is 2.31. The Bertz CT molecular complexity index is 2170. The topological polar surface area (TPSA) is 108 Å². The van der Waals surface area contributed by atoms with Gasteiger partial charge in [0.2, 0.25) is 0 Å². The first-order chi connectivity index (χ1) is 32.5. The van der Waals surface area contributed by atoms with Crippen LogP contribution >= 0.6 is 0 Å². The van der Waals surface area contributed by atoms with E-state index in [9.17, 15) is 9.59 Å². The van der Waals surface area contributed by atoms with Crippen molar-refractivity contribution in [2.45, 2.75) is 142 Å². The predicted molar refractivity (Wildman–Crippen MR) is 268 cm³/mol. The molecule has 5 rings (SSSR count). The van der Waals surface area contributed by atoms with E-state index in [2.05, 4.69) is 29.1 Å². The Morgan fingerprint density at radius 2 is 0.833 bits per heavy atom. The lowest BCUT2D eigenvalue weighted by molar-refractivity contribution is 0.0682. The summed E-state index contributed by atoms with van der Waals surface area (Å²) in [6.45, 7) is 5.76. The minimum absolute atomic E-state index is 0.0757. The summed E-state index contributed by atoms with van der Waals surface area (Å²) in [7, 11) is 0. The van der Waals surface area contributed by atoms with E-state index in [1.807, 2.05) is 54.6 Å². The number of aliphatic imine (C=N–C) groups is 1. The zero-order chi connectivity index (χ0) is 46.3. The van der Waals surface area contributed by atoms with Gasteiger partial charge in [-0.2, -0.15) is 10.2 Å². The van der Waals surface area contributed by atoms with Crippen LogP contribution in [0, 0.1) is 0 Å². The van der Waals surface area contributed by atoms with E-state index < -0.39 is 11.9 Å². The average Bonchev–Trinajstić information content (AvgIpc) is 3.35. The zero-order valence-corrected chi connectivity index (χ0v) is 39.5. The first kappa shape index (κ1) is 50.9. The molecule has 0 aromatic heterocycles. The molecule has 0 fully saturated rings. The van der Waals surface area contributed by atoms with E-state index in [0.29, 0.717) is 52.8 Å². The van der Waals surface area contributed by atoms with Gasteiger partial charge in [0.25, 0.3) is 0 Å². The average molecular weight is 894 g/mol. The van der Waals surface area contributed by atoms with E-state index in [-0.39, 0.29) is 11.5 Å². The monoisotopic (exact) mass is 894 g/mol. The quantitative estimate of drug-likeness (QED) is 0.0140. The Kier molecular flexibility index (Phi) is 23.9. The summed E-state index contributed by atoms with van der Waals surface area (Å²) in [6.07, 6.45) is 26.9. The third kappa shape index (κ3) is 20.0. The Labute approximate surface area is 394 Å². The summed E-state index contributed by atoms with van der Waals surface area (Å²) >= 11 is 0. The molecule has 0 bridgehead atoms. The predicted octanol–water partition coefficient (Wildman–Crippen LogP) is 16.9. The van der Waals surface area contributed by atoms with Crippen LogP contribution in [0.4, 0.5) is 17.1 Å². The Hall–Kier alpha value is -6.09. The maximum atomic E-state index is 13.5. The standard InChI is InChI=1S/C57H71N3O6/c1-3-5-7-9-11-13-15-17-19-24-42-63-52-37-29-47(30-38-52)56(61)65-54-41-28-46(45-58-49-33-35-51(36-34-49)60-59-50-26-22-21-23-27-50)44-55(54)66-57(62)48-31-39-53(40-32-48)64-43-25-20-18-16-14-12-10-8-6-4-2/h21-23,26-41,44-45H,3-20,24-25,42-43H2,1-2H3. The molecule has 0 N–H and O–H groups in total. The van der Waals surface area contributed by atoms with E-state index in [1.165, 1.54) is 103 Å². The molecular formula is C57H71N3O6. The molecule has 66 heavy (non-hydrogen) atoms. The van der Waals surface area contributed by atoms with Crippen molar-refractivity contribution in [3.05, 3.63) is 138 Å². The van der Waals surface area contributed by atoms with E-state index in [0.717, 1.165) is 31.4 Å². The first-order valence-corrected chi connectivity index (χ1v) is 24.7. The molecule has 0 aliphatic heterocycles. The molecule has 0 heterocycles. The van der Waals surface area contributed by atoms with Gasteiger partial charge in [0, 0.05) is 6.21 Å². The molecule has 0 atom stereocenters. The van der Waals surface area contributed by atoms with Crippen LogP contribution in [0.3, 0.4) is 0 Å². The van der Waals surface area contributed by atoms with Crippen LogP contribution in [0.1, 0.15) is 169 Å². The summed E-state index contributed by atoms with van der Waals surface area (Å²) in [4.78, 5) is 31.6. The van der Waals surface area contributed by atoms with Crippen molar-refractivity contribution >= 4 is 35.2 Å². The number of benzene rings is 5. The molecule has 350 valence electrons. The van der Waals surface area contributed by atoms with Crippen LogP contribution in [0.25, 0.3) is 0 Å². The van der Waals surface area contributed by atoms with E-state index >= 15 is 0 Å². The Morgan fingerprint density at radius 3 is 1.30 bits per heavy atom. The summed E-state index contributed by atoms with van der Waals surface area (Å²) in [5.74, 6) is 0.359. The number of hydrogen-bond donors (Lipinski definition) is 0. The van der Waals surface area contributed by atoms with Gasteiger partial charge in [0.15, 0.2) is 11.5 Å². The molecule has 0 aliphatic rings. The number of nitrogens with zero attached hydrogens (tertiary/aromatic N) is 3. The van der Waals surface area contributed by atoms with Crippen molar-refractivity contribution in [1.29, 1.82) is 0 Å². The van der Waals surface area contributed by atoms with Gasteiger partial charge in [-0.15, -0.1) is 0 Å². The molecule has 5 aromatic rings. The Balaban J connectivity index is 1.16. The normalized spacial score (nSPS) is 11.3. The summed E-state index contributed by atoms with van der Waals surface area (Å²) < 4.78 is 23.7. The molecular weight excluding hydrogens is 823 g/mol. The molecule has 0 saturated heterocycles. The number of azo groups is 1. The number of carbonyl (C=O) groups excluding carboxylic acids is 2. The van der Waals surface area contributed by atoms with Crippen molar-refractivity contribution < 1.29 is 28.5 Å². The van der Waals surface area contributed by atoms with Crippen LogP contribution in [-0.4, -0.2) is 31.4 Å². The zero-order valence-electron chi connectivity index (χ0n) is 39.5. The SMILES string of the molecule is CCCCCCCCCCCCOc1ccc(C(=O)Oc2ccc(C=Nc3ccc(N=Nc4ccccc4)cc3)cc2OC(=O)c2ccc(OCCCCCCCCCCCC)cc2)cc1. The van der Waals surface area contributed by atoms with Gasteiger partial charge in [0.05, 0.1) is 41.4 Å². The van der Waals surface area contributed by atoms with Crippen molar-refractivity contribution in [1.82, 2.24) is 0 Å². The third-order valence-corrected chi connectivity index (χ3v) is 11.3. The molecule has 0 spiro atoms. The van der Waals surface area contributed by atoms with Gasteiger partial charge >= 0.3 is 11.9 Å². The molecule has 5 aromatic carbocycles. The lowest BCUT2D eigenvalue weighted by Crippen LogP contribution is -2.13. The third-order valence-electron chi connectivity index (χ3n) is 11.3. The number of esters is 2. The van der Waals surface area contributed by atoms with Crippen molar-refractivity contribution in [3.8, 4) is 23.0 Å². The lowest BCUT2D eigenvalue weighted by Gasteiger charge is -2.12. The summed E-state index contributed by atoms with van der Waals surface area (Å²) in [5.41, 5.74) is 3.45. The van der Waals surface area contributed by atoms with Crippen LogP contribution in [0.15, 0.2) is 137 Å². The summed E-state index contributed by atoms with van der Waals surface area (Å²) in [6, 6.07) is 35.7. The van der Waals surface area contributed by atoms with Gasteiger partial charge in [-0.25, -0.2) is 9.59 Å². The van der Waals surface area contributed by atoms with Crippen molar-refractivity contribution in [3.63, 3.8) is 0 Å². The van der Waals surface area contributed by atoms with Gasteiger partial charge in [-0.3, -0.25) is 4.99 Å². The van der Waals surface area contributed by atoms with E-state index in [4.69, 9.17) is 18.9 Å². The minimum Gasteiger partial charge on any atom is -0.494 e. The highest BCUT2D eigenvalue weighted by molar-refractivity contribution is 5.94. The summed E-state index contributed by atoms with van der Waals surface area (Å²) in [5, 5.41) is 8.57. The van der Waals surface area contributed by atoms with Gasteiger partial charge in [-0.05, 0) is 122 Å². The first-order valence-electron chi connectivity index (χ1n) is 24.7. The molecule has 9 nitrogen and oxygen atoms in total. The van der Waals surface area contributed by atoms with Crippen LogP contribution in [-0.2, 0) is 0 Å². The van der Waals surface area contributed by atoms with Crippen LogP contribution < -0.4 is 18.9 Å². The van der Waals surface area contributed by atoms with Gasteiger partial charge < -0.3 is 18.9 Å². The fraction of sp³-hybridized carbons (Fsp3) is 0.421.